The van der Waals surface area contributed by atoms with Crippen LogP contribution in [-0.2, 0) is 11.2 Å². The highest BCUT2D eigenvalue weighted by molar-refractivity contribution is 5.56. The third-order valence-electron chi connectivity index (χ3n) is 1.63. The van der Waals surface area contributed by atoms with E-state index in [1.165, 1.54) is 6.07 Å². The van der Waals surface area contributed by atoms with Crippen molar-refractivity contribution < 1.29 is 18.7 Å². The van der Waals surface area contributed by atoms with E-state index in [2.05, 4.69) is 0 Å². The van der Waals surface area contributed by atoms with Crippen molar-refractivity contribution in [1.29, 1.82) is 0 Å². The number of halogens is 2. The molecule has 1 rings (SSSR count). The summed E-state index contributed by atoms with van der Waals surface area (Å²) in [6.45, 7) is 0. The van der Waals surface area contributed by atoms with Crippen LogP contribution in [0.25, 0.3) is 0 Å². The van der Waals surface area contributed by atoms with E-state index in [0.717, 1.165) is 12.1 Å². The number of carbonyl (C=O) groups is 1. The van der Waals surface area contributed by atoms with Gasteiger partial charge >= 0.3 is 0 Å². The fourth-order valence-corrected chi connectivity index (χ4v) is 0.985. The third-order valence-corrected chi connectivity index (χ3v) is 1.63. The Balaban J connectivity index is 2.93. The van der Waals surface area contributed by atoms with Crippen LogP contribution < -0.4 is 0 Å². The number of hydrogen-bond acceptors (Lipinski definition) is 2. The molecule has 0 amide bonds. The van der Waals surface area contributed by atoms with Gasteiger partial charge in [-0.05, 0) is 12.1 Å². The zero-order chi connectivity index (χ0) is 9.84. The second kappa shape index (κ2) is 4.09. The molecule has 13 heavy (non-hydrogen) atoms. The molecule has 0 radical (unpaired) electrons. The van der Waals surface area contributed by atoms with Crippen LogP contribution in [-0.4, -0.2) is 17.5 Å². The second-order valence-electron chi connectivity index (χ2n) is 2.61. The first-order valence-electron chi connectivity index (χ1n) is 3.71. The van der Waals surface area contributed by atoms with Crippen LogP contribution in [0, 0.1) is 11.6 Å². The number of aliphatic hydroxyl groups excluding tert-OH is 1. The Hall–Kier alpha value is -1.29. The molecular formula is C9H8F2O2. The number of aldehydes is 1. The first kappa shape index (κ1) is 9.80. The molecule has 0 aliphatic carbocycles. The Morgan fingerprint density at radius 3 is 2.38 bits per heavy atom. The van der Waals surface area contributed by atoms with Crippen molar-refractivity contribution in [3.8, 4) is 0 Å². The van der Waals surface area contributed by atoms with E-state index in [1.54, 1.807) is 0 Å². The van der Waals surface area contributed by atoms with Gasteiger partial charge in [0, 0.05) is 12.0 Å². The maximum absolute atomic E-state index is 12.9. The number of benzene rings is 1. The summed E-state index contributed by atoms with van der Waals surface area (Å²) in [6, 6.07) is 3.38. The van der Waals surface area contributed by atoms with Crippen molar-refractivity contribution in [2.75, 3.05) is 0 Å². The number of aliphatic hydroxyl groups is 1. The standard InChI is InChI=1S/C9H8F2O2/c10-8-2-1-3-9(11)7(8)4-6(13)5-12/h1-3,5-6,13H,4H2. The van der Waals surface area contributed by atoms with Gasteiger partial charge in [-0.15, -0.1) is 0 Å². The van der Waals surface area contributed by atoms with Gasteiger partial charge in [0.15, 0.2) is 0 Å². The summed E-state index contributed by atoms with van der Waals surface area (Å²) in [5, 5.41) is 8.86. The topological polar surface area (TPSA) is 37.3 Å². The molecule has 1 aromatic carbocycles. The highest BCUT2D eigenvalue weighted by atomic mass is 19.1. The smallest absolute Gasteiger partial charge is 0.148 e. The van der Waals surface area contributed by atoms with E-state index < -0.39 is 17.7 Å². The van der Waals surface area contributed by atoms with E-state index in [0.29, 0.717) is 0 Å². The van der Waals surface area contributed by atoms with E-state index in [-0.39, 0.29) is 18.3 Å². The van der Waals surface area contributed by atoms with Gasteiger partial charge in [0.05, 0.1) is 0 Å². The SMILES string of the molecule is O=CC(O)Cc1c(F)cccc1F. The molecule has 70 valence electrons. The second-order valence-corrected chi connectivity index (χ2v) is 2.61. The van der Waals surface area contributed by atoms with E-state index in [1.807, 2.05) is 0 Å². The van der Waals surface area contributed by atoms with E-state index in [9.17, 15) is 13.6 Å². The molecule has 1 atom stereocenters. The summed E-state index contributed by atoms with van der Waals surface area (Å²) in [6.07, 6.45) is -1.44. The van der Waals surface area contributed by atoms with Gasteiger partial charge in [0.1, 0.15) is 24.0 Å². The maximum Gasteiger partial charge on any atom is 0.148 e. The van der Waals surface area contributed by atoms with Gasteiger partial charge in [-0.1, -0.05) is 6.07 Å². The van der Waals surface area contributed by atoms with Crippen molar-refractivity contribution in [3.63, 3.8) is 0 Å². The van der Waals surface area contributed by atoms with Crippen molar-refractivity contribution in [2.45, 2.75) is 12.5 Å². The molecule has 1 N–H and O–H groups in total. The van der Waals surface area contributed by atoms with Gasteiger partial charge in [-0.2, -0.15) is 0 Å². The van der Waals surface area contributed by atoms with E-state index in [4.69, 9.17) is 5.11 Å². The number of hydrogen-bond donors (Lipinski definition) is 1. The maximum atomic E-state index is 12.9. The van der Waals surface area contributed by atoms with Crippen LogP contribution in [0.5, 0.6) is 0 Å². The summed E-state index contributed by atoms with van der Waals surface area (Å²) < 4.78 is 25.8. The molecule has 1 aromatic rings. The molecular weight excluding hydrogens is 178 g/mol. The summed E-state index contributed by atoms with van der Waals surface area (Å²) in [5.74, 6) is -1.50. The lowest BCUT2D eigenvalue weighted by atomic mass is 10.1. The molecule has 0 aliphatic rings. The quantitative estimate of drug-likeness (QED) is 0.717. The minimum atomic E-state index is -1.36. The fourth-order valence-electron chi connectivity index (χ4n) is 0.985. The average molecular weight is 186 g/mol. The third kappa shape index (κ3) is 2.32. The van der Waals surface area contributed by atoms with Crippen molar-refractivity contribution in [1.82, 2.24) is 0 Å². The molecule has 0 fully saturated rings. The van der Waals surface area contributed by atoms with Gasteiger partial charge in [0.2, 0.25) is 0 Å². The Kier molecular flexibility index (Phi) is 3.08. The number of carbonyl (C=O) groups excluding carboxylic acids is 1. The molecule has 0 heterocycles. The zero-order valence-corrected chi connectivity index (χ0v) is 6.71. The van der Waals surface area contributed by atoms with Gasteiger partial charge in [-0.25, -0.2) is 8.78 Å². The minimum Gasteiger partial charge on any atom is -0.385 e. The lowest BCUT2D eigenvalue weighted by molar-refractivity contribution is -0.114. The van der Waals surface area contributed by atoms with Crippen LogP contribution in [0.4, 0.5) is 8.78 Å². The van der Waals surface area contributed by atoms with Gasteiger partial charge < -0.3 is 9.90 Å². The van der Waals surface area contributed by atoms with Crippen LogP contribution in [0.3, 0.4) is 0 Å². The number of rotatable bonds is 3. The molecule has 4 heteroatoms. The molecule has 0 saturated heterocycles. The average Bonchev–Trinajstić information content (AvgIpc) is 2.11. The van der Waals surface area contributed by atoms with Crippen molar-refractivity contribution in [2.24, 2.45) is 0 Å². The predicted octanol–water partition coefficient (Wildman–Crippen LogP) is 1.07. The summed E-state index contributed by atoms with van der Waals surface area (Å²) in [4.78, 5) is 10.0. The van der Waals surface area contributed by atoms with Crippen LogP contribution in [0.1, 0.15) is 5.56 Å². The van der Waals surface area contributed by atoms with Crippen LogP contribution in [0.2, 0.25) is 0 Å². The van der Waals surface area contributed by atoms with Crippen molar-refractivity contribution >= 4 is 6.29 Å². The fraction of sp³-hybridized carbons (Fsp3) is 0.222. The Morgan fingerprint density at radius 2 is 1.92 bits per heavy atom. The van der Waals surface area contributed by atoms with Gasteiger partial charge in [0.25, 0.3) is 0 Å². The molecule has 0 saturated carbocycles. The predicted molar refractivity (Wildman–Crippen MR) is 42.1 cm³/mol. The zero-order valence-electron chi connectivity index (χ0n) is 6.71. The van der Waals surface area contributed by atoms with Crippen LogP contribution in [0.15, 0.2) is 18.2 Å². The van der Waals surface area contributed by atoms with Crippen molar-refractivity contribution in [3.05, 3.63) is 35.4 Å². The summed E-state index contributed by atoms with van der Waals surface area (Å²) in [5.41, 5.74) is -0.262. The molecule has 0 aliphatic heterocycles. The van der Waals surface area contributed by atoms with E-state index >= 15 is 0 Å². The lowest BCUT2D eigenvalue weighted by Crippen LogP contribution is -2.13. The Bertz CT molecular complexity index is 292. The van der Waals surface area contributed by atoms with Crippen LogP contribution >= 0.6 is 0 Å². The largest absolute Gasteiger partial charge is 0.385 e. The highest BCUT2D eigenvalue weighted by Gasteiger charge is 2.12. The molecule has 1 unspecified atom stereocenters. The minimum absolute atomic E-state index is 0.242. The molecule has 0 bridgehead atoms. The molecule has 0 spiro atoms. The first-order valence-corrected chi connectivity index (χ1v) is 3.71. The monoisotopic (exact) mass is 186 g/mol. The molecule has 2 nitrogen and oxygen atoms in total. The Morgan fingerprint density at radius 1 is 1.38 bits per heavy atom. The molecule has 0 aromatic heterocycles. The summed E-state index contributed by atoms with van der Waals surface area (Å²) in [7, 11) is 0. The normalized spacial score (nSPS) is 12.5. The highest BCUT2D eigenvalue weighted by Crippen LogP contribution is 2.13. The Labute approximate surface area is 73.8 Å². The van der Waals surface area contributed by atoms with Gasteiger partial charge in [-0.3, -0.25) is 0 Å². The lowest BCUT2D eigenvalue weighted by Gasteiger charge is -2.05. The summed E-state index contributed by atoms with van der Waals surface area (Å²) >= 11 is 0. The first-order chi connectivity index (χ1) is 6.15.